The predicted octanol–water partition coefficient (Wildman–Crippen LogP) is 9.23. The number of halogens is 11. The molecule has 0 spiro atoms. The van der Waals surface area contributed by atoms with Gasteiger partial charge in [0.15, 0.2) is 28.2 Å². The van der Waals surface area contributed by atoms with Crippen LogP contribution < -0.4 is 0 Å². The summed E-state index contributed by atoms with van der Waals surface area (Å²) < 4.78 is 119. The van der Waals surface area contributed by atoms with E-state index in [-0.39, 0.29) is 10.5 Å². The van der Waals surface area contributed by atoms with E-state index in [0.29, 0.717) is 11.8 Å². The Balaban J connectivity index is 0.00000161. The molecule has 0 fully saturated rings. The Morgan fingerprint density at radius 1 is 0.906 bits per heavy atom. The van der Waals surface area contributed by atoms with Crippen molar-refractivity contribution in [1.82, 2.24) is 0 Å². The maximum absolute atomic E-state index is 13.9. The summed E-state index contributed by atoms with van der Waals surface area (Å²) in [5, 5.41) is 0. The van der Waals surface area contributed by atoms with Crippen molar-refractivity contribution in [3.05, 3.63) is 52.6 Å². The first-order valence-corrected chi connectivity index (χ1v) is 14.7. The van der Waals surface area contributed by atoms with E-state index in [1.165, 1.54) is 12.1 Å². The van der Waals surface area contributed by atoms with Gasteiger partial charge in [-0.1, -0.05) is 64.0 Å². The van der Waals surface area contributed by atoms with Crippen LogP contribution in [0.25, 0.3) is 0 Å². The van der Waals surface area contributed by atoms with Gasteiger partial charge in [-0.05, 0) is 11.0 Å². The Hall–Kier alpha value is -0.656. The Kier molecular flexibility index (Phi) is 8.43. The molecule has 0 unspecified atom stereocenters. The van der Waals surface area contributed by atoms with Gasteiger partial charge in [-0.15, -0.1) is 0 Å². The van der Waals surface area contributed by atoms with Gasteiger partial charge in [-0.25, -0.2) is 22.6 Å². The van der Waals surface area contributed by atoms with Gasteiger partial charge in [0.25, 0.3) is 0 Å². The Morgan fingerprint density at radius 3 is 1.72 bits per heavy atom. The molecule has 0 radical (unpaired) electrons. The summed E-state index contributed by atoms with van der Waals surface area (Å²) in [6.45, 7) is 5.42. The van der Waals surface area contributed by atoms with Gasteiger partial charge in [-0.2, -0.15) is 4.90 Å². The molecular formula is C17H13Cl2F9NS2Ti-. The van der Waals surface area contributed by atoms with Crippen molar-refractivity contribution in [3.8, 4) is 0 Å². The molecule has 0 aliphatic rings. The van der Waals surface area contributed by atoms with Gasteiger partial charge in [0, 0.05) is 6.21 Å². The Bertz CT molecular complexity index is 1030. The monoisotopic (exact) mass is 584 g/mol. The van der Waals surface area contributed by atoms with Crippen molar-refractivity contribution in [2.45, 2.75) is 36.0 Å². The van der Waals surface area contributed by atoms with Crippen molar-refractivity contribution in [2.24, 2.45) is 4.99 Å². The fourth-order valence-corrected chi connectivity index (χ4v) is 3.78. The number of hydrogen-bond donors (Lipinski definition) is 0. The van der Waals surface area contributed by atoms with Gasteiger partial charge in [0.1, 0.15) is 5.69 Å². The van der Waals surface area contributed by atoms with Crippen molar-refractivity contribution < 1.29 is 54.0 Å². The molecule has 0 aliphatic carbocycles. The van der Waals surface area contributed by atoms with Crippen molar-refractivity contribution in [1.29, 1.82) is 0 Å². The number of rotatable bonds is 3. The third-order valence-corrected chi connectivity index (χ3v) is 5.36. The first-order chi connectivity index (χ1) is 14.2. The van der Waals surface area contributed by atoms with Gasteiger partial charge in [0.2, 0.25) is 0 Å². The normalized spacial score (nSPS) is 14.4. The van der Waals surface area contributed by atoms with Gasteiger partial charge in [-0.3, -0.25) is 0 Å². The third kappa shape index (κ3) is 6.93. The van der Waals surface area contributed by atoms with Crippen molar-refractivity contribution in [2.75, 3.05) is 0 Å². The molecular weight excluding hydrogens is 572 g/mol. The van der Waals surface area contributed by atoms with E-state index < -0.39 is 66.5 Å². The molecule has 0 aliphatic heterocycles. The fourth-order valence-electron chi connectivity index (χ4n) is 2.43. The average molecular weight is 585 g/mol. The number of hydrogen-bond acceptors (Lipinski definition) is 2. The van der Waals surface area contributed by atoms with Crippen molar-refractivity contribution in [3.63, 3.8) is 0 Å². The van der Waals surface area contributed by atoms with Gasteiger partial charge >= 0.3 is 45.9 Å². The van der Waals surface area contributed by atoms with E-state index in [2.05, 4.69) is 4.99 Å². The molecule has 2 aromatic carbocycles. The molecule has 0 saturated carbocycles. The maximum atomic E-state index is 13.9. The minimum atomic E-state index is -11.1. The minimum absolute atomic E-state index is 0.0730. The van der Waals surface area contributed by atoms with Crippen LogP contribution in [-0.4, -0.2) is 6.21 Å². The SMILES string of the molecule is CC(C)(C)c1cccc(C=Nc2c(F)c(F)c(S(F)(F)(F)(F)F)c(F)c2F)c1[S-].[Cl][Ti][Cl]. The van der Waals surface area contributed by atoms with Gasteiger partial charge in [0.05, 0.1) is 0 Å². The fraction of sp³-hybridized carbons (Fsp3) is 0.235. The second-order valence-electron chi connectivity index (χ2n) is 7.21. The predicted molar refractivity (Wildman–Crippen MR) is 107 cm³/mol. The Morgan fingerprint density at radius 2 is 1.34 bits per heavy atom. The molecule has 0 aromatic heterocycles. The molecule has 0 atom stereocenters. The Labute approximate surface area is 200 Å². The molecule has 2 rings (SSSR count). The molecule has 180 valence electrons. The first-order valence-electron chi connectivity index (χ1n) is 8.08. The topological polar surface area (TPSA) is 12.4 Å². The van der Waals surface area contributed by atoms with E-state index in [0.717, 1.165) is 0 Å². The van der Waals surface area contributed by atoms with Crippen LogP contribution in [0.15, 0.2) is 33.0 Å². The zero-order chi connectivity index (χ0) is 25.3. The summed E-state index contributed by atoms with van der Waals surface area (Å²) in [7, 11) is -1.28. The van der Waals surface area contributed by atoms with E-state index in [9.17, 15) is 37.0 Å². The second kappa shape index (κ2) is 9.18. The summed E-state index contributed by atoms with van der Waals surface area (Å²) in [6.07, 6.45) is 0.678. The average Bonchev–Trinajstić information content (AvgIpc) is 2.58. The van der Waals surface area contributed by atoms with E-state index in [4.69, 9.17) is 31.2 Å². The molecule has 2 aromatic rings. The van der Waals surface area contributed by atoms with E-state index >= 15 is 0 Å². The van der Waals surface area contributed by atoms with Crippen molar-refractivity contribution >= 4 is 53.4 Å². The summed E-state index contributed by atoms with van der Waals surface area (Å²) >= 11 is 4.65. The third-order valence-electron chi connectivity index (χ3n) is 3.77. The van der Waals surface area contributed by atoms with Crippen LogP contribution >= 0.6 is 28.8 Å². The van der Waals surface area contributed by atoms with Crippen LogP contribution in [0.1, 0.15) is 31.9 Å². The van der Waals surface area contributed by atoms with Crippen LogP contribution in [0.4, 0.5) is 42.7 Å². The van der Waals surface area contributed by atoms with Crippen LogP contribution in [0, 0.1) is 23.3 Å². The second-order valence-corrected chi connectivity index (χ2v) is 12.5. The van der Waals surface area contributed by atoms with E-state index in [1.54, 1.807) is 6.07 Å². The van der Waals surface area contributed by atoms with Crippen LogP contribution in [-0.2, 0) is 35.1 Å². The molecule has 0 N–H and O–H groups in total. The number of nitrogens with zero attached hydrogens (tertiary/aromatic N) is 1. The van der Waals surface area contributed by atoms with Crippen LogP contribution in [0.5, 0.6) is 0 Å². The molecule has 15 heteroatoms. The quantitative estimate of drug-likeness (QED) is 0.115. The first kappa shape index (κ1) is 29.4. The molecule has 0 heterocycles. The molecule has 32 heavy (non-hydrogen) atoms. The summed E-state index contributed by atoms with van der Waals surface area (Å²) in [4.78, 5) is -0.587. The molecule has 1 nitrogen and oxygen atoms in total. The van der Waals surface area contributed by atoms with Crippen LogP contribution in [0.3, 0.4) is 0 Å². The standard InChI is InChI=1S/C17H14F9NS2.2ClH.Ti/c1-17(2,3)9-6-4-5-8(15(9)28)7-27-14-10(18)12(20)16(13(21)11(14)19)29(22,23,24,25)26;;;/h4-7,28H,1-3H3;2*1H;/q;;;+2/p-3. The summed E-state index contributed by atoms with van der Waals surface area (Å²) in [6, 6.07) is 4.50. The summed E-state index contributed by atoms with van der Waals surface area (Å²) in [5.41, 5.74) is -1.59. The zero-order valence-corrected chi connectivity index (χ0v) is 20.9. The van der Waals surface area contributed by atoms with E-state index in [1.807, 2.05) is 20.8 Å². The molecule has 0 bridgehead atoms. The summed E-state index contributed by atoms with van der Waals surface area (Å²) in [5.74, 6) is -12.0. The van der Waals surface area contributed by atoms with Gasteiger partial charge < -0.3 is 12.6 Å². The number of aliphatic imine (C=N–C) groups is 1. The molecule has 0 saturated heterocycles. The van der Waals surface area contributed by atoms with Crippen LogP contribution in [0.2, 0.25) is 0 Å². The number of benzene rings is 2. The zero-order valence-electron chi connectivity index (χ0n) is 16.2. The molecule has 0 amide bonds.